The maximum Gasteiger partial charge on any atom is 0.412 e. The summed E-state index contributed by atoms with van der Waals surface area (Å²) in [5.74, 6) is 0. The molecule has 0 atom stereocenters. The molecule has 1 amide bonds. The smallest absolute Gasteiger partial charge is 0.412 e. The Morgan fingerprint density at radius 2 is 2.15 bits per heavy atom. The number of anilines is 1. The van der Waals surface area contributed by atoms with Gasteiger partial charge < -0.3 is 4.74 Å². The van der Waals surface area contributed by atoms with Crippen LogP contribution >= 0.6 is 27.7 Å². The van der Waals surface area contributed by atoms with E-state index < -0.39 is 11.7 Å². The van der Waals surface area contributed by atoms with Crippen LogP contribution in [0.4, 0.5) is 10.5 Å². The highest BCUT2D eigenvalue weighted by molar-refractivity contribution is 9.10. The van der Waals surface area contributed by atoms with Crippen molar-refractivity contribution in [2.75, 3.05) is 11.6 Å². The van der Waals surface area contributed by atoms with E-state index in [-0.39, 0.29) is 0 Å². The number of hydrogen-bond donors (Lipinski definition) is 1. The van der Waals surface area contributed by atoms with Crippen LogP contribution in [0.1, 0.15) is 20.8 Å². The summed E-state index contributed by atoms with van der Waals surface area (Å²) in [5, 5.41) is 7.96. The van der Waals surface area contributed by atoms with E-state index >= 15 is 0 Å². The van der Waals surface area contributed by atoms with E-state index in [1.807, 2.05) is 45.2 Å². The molecule has 2 heterocycles. The maximum absolute atomic E-state index is 11.9. The van der Waals surface area contributed by atoms with Crippen molar-refractivity contribution in [1.29, 1.82) is 0 Å². The van der Waals surface area contributed by atoms with E-state index in [4.69, 9.17) is 4.74 Å². The van der Waals surface area contributed by atoms with Crippen molar-refractivity contribution in [3.05, 3.63) is 22.8 Å². The fourth-order valence-corrected chi connectivity index (χ4v) is 2.63. The van der Waals surface area contributed by atoms with Gasteiger partial charge in [-0.3, -0.25) is 5.32 Å². The van der Waals surface area contributed by atoms with Crippen LogP contribution in [-0.2, 0) is 4.74 Å². The monoisotopic (exact) mass is 357 g/mol. The van der Waals surface area contributed by atoms with E-state index in [1.54, 1.807) is 4.52 Å². The first-order chi connectivity index (χ1) is 9.31. The molecule has 0 unspecified atom stereocenters. The van der Waals surface area contributed by atoms with Crippen LogP contribution in [0.3, 0.4) is 0 Å². The Balaban J connectivity index is 2.38. The molecule has 0 aliphatic carbocycles. The van der Waals surface area contributed by atoms with Crippen LogP contribution in [-0.4, -0.2) is 27.6 Å². The Morgan fingerprint density at radius 1 is 1.45 bits per heavy atom. The average Bonchev–Trinajstić information content (AvgIpc) is 2.67. The number of aromatic nitrogens is 2. The minimum atomic E-state index is -0.535. The van der Waals surface area contributed by atoms with Gasteiger partial charge in [-0.2, -0.15) is 5.10 Å². The molecule has 0 saturated carbocycles. The molecule has 5 nitrogen and oxygen atoms in total. The SMILES string of the molecule is CSc1nn2c(Br)cccc2c1NC(=O)OC(C)(C)C. The summed E-state index contributed by atoms with van der Waals surface area (Å²) in [7, 11) is 0. The molecule has 2 aromatic heterocycles. The zero-order chi connectivity index (χ0) is 14.9. The fourth-order valence-electron chi connectivity index (χ4n) is 1.68. The van der Waals surface area contributed by atoms with Gasteiger partial charge in [-0.15, -0.1) is 11.8 Å². The first kappa shape index (κ1) is 15.2. The van der Waals surface area contributed by atoms with Gasteiger partial charge in [-0.25, -0.2) is 9.31 Å². The van der Waals surface area contributed by atoms with Crippen LogP contribution in [0.15, 0.2) is 27.8 Å². The number of thioether (sulfide) groups is 1. The molecular weight excluding hydrogens is 342 g/mol. The van der Waals surface area contributed by atoms with Crippen LogP contribution in [0.5, 0.6) is 0 Å². The van der Waals surface area contributed by atoms with Gasteiger partial charge in [0.05, 0.1) is 5.52 Å². The third kappa shape index (κ3) is 3.27. The highest BCUT2D eigenvalue weighted by atomic mass is 79.9. The molecule has 2 aromatic rings. The van der Waals surface area contributed by atoms with Gasteiger partial charge in [-0.05, 0) is 55.1 Å². The highest BCUT2D eigenvalue weighted by Gasteiger charge is 2.20. The molecule has 7 heteroatoms. The molecule has 108 valence electrons. The molecular formula is C13H16BrN3O2S. The number of hydrogen-bond acceptors (Lipinski definition) is 4. The Labute approximate surface area is 130 Å². The maximum atomic E-state index is 11.9. The molecule has 0 aliphatic rings. The second-order valence-corrected chi connectivity index (χ2v) is 6.76. The largest absolute Gasteiger partial charge is 0.444 e. The lowest BCUT2D eigenvalue weighted by atomic mass is 10.2. The lowest BCUT2D eigenvalue weighted by Crippen LogP contribution is -2.27. The van der Waals surface area contributed by atoms with Crippen LogP contribution in [0.25, 0.3) is 5.52 Å². The molecule has 0 spiro atoms. The zero-order valence-electron chi connectivity index (χ0n) is 11.7. The van der Waals surface area contributed by atoms with Crippen molar-refractivity contribution in [2.24, 2.45) is 0 Å². The summed E-state index contributed by atoms with van der Waals surface area (Å²) in [6.07, 6.45) is 1.43. The number of halogens is 1. The summed E-state index contributed by atoms with van der Waals surface area (Å²) in [4.78, 5) is 11.9. The van der Waals surface area contributed by atoms with Gasteiger partial charge in [0.15, 0.2) is 0 Å². The van der Waals surface area contributed by atoms with E-state index in [9.17, 15) is 4.79 Å². The molecule has 1 N–H and O–H groups in total. The van der Waals surface area contributed by atoms with Crippen molar-refractivity contribution in [2.45, 2.75) is 31.4 Å². The first-order valence-corrected chi connectivity index (χ1v) is 8.05. The van der Waals surface area contributed by atoms with Crippen LogP contribution < -0.4 is 5.32 Å². The minimum absolute atomic E-state index is 0.484. The lowest BCUT2D eigenvalue weighted by Gasteiger charge is -2.19. The number of fused-ring (bicyclic) bond motifs is 1. The van der Waals surface area contributed by atoms with Crippen molar-refractivity contribution < 1.29 is 9.53 Å². The van der Waals surface area contributed by atoms with Crippen molar-refractivity contribution in [1.82, 2.24) is 9.61 Å². The van der Waals surface area contributed by atoms with Crippen molar-refractivity contribution in [3.8, 4) is 0 Å². The van der Waals surface area contributed by atoms with E-state index in [0.29, 0.717) is 5.69 Å². The number of nitrogens with one attached hydrogen (secondary N) is 1. The molecule has 0 fully saturated rings. The van der Waals surface area contributed by atoms with Crippen molar-refractivity contribution >= 4 is 45.0 Å². The van der Waals surface area contributed by atoms with Gasteiger partial charge >= 0.3 is 6.09 Å². The number of carbonyl (C=O) groups is 1. The topological polar surface area (TPSA) is 55.6 Å². The van der Waals surface area contributed by atoms with Crippen LogP contribution in [0, 0.1) is 0 Å². The number of ether oxygens (including phenoxy) is 1. The Bertz CT molecular complexity index is 649. The molecule has 0 aromatic carbocycles. The number of carbonyl (C=O) groups excluding carboxylic acids is 1. The predicted octanol–water partition coefficient (Wildman–Crippen LogP) is 4.17. The van der Waals surface area contributed by atoms with E-state index in [0.717, 1.165) is 15.1 Å². The summed E-state index contributed by atoms with van der Waals surface area (Å²) < 4.78 is 7.84. The average molecular weight is 358 g/mol. The summed E-state index contributed by atoms with van der Waals surface area (Å²) >= 11 is 4.90. The Morgan fingerprint density at radius 3 is 2.75 bits per heavy atom. The highest BCUT2D eigenvalue weighted by Crippen LogP contribution is 2.31. The first-order valence-electron chi connectivity index (χ1n) is 6.03. The molecule has 2 rings (SSSR count). The van der Waals surface area contributed by atoms with Crippen LogP contribution in [0.2, 0.25) is 0 Å². The third-order valence-corrected chi connectivity index (χ3v) is 3.67. The summed E-state index contributed by atoms with van der Waals surface area (Å²) in [6, 6.07) is 5.68. The normalized spacial score (nSPS) is 11.7. The fraction of sp³-hybridized carbons (Fsp3) is 0.385. The summed E-state index contributed by atoms with van der Waals surface area (Å²) in [6.45, 7) is 5.48. The van der Waals surface area contributed by atoms with Gasteiger partial charge in [0.1, 0.15) is 20.9 Å². The Kier molecular flexibility index (Phi) is 4.29. The number of amides is 1. The molecule has 0 bridgehead atoms. The minimum Gasteiger partial charge on any atom is -0.444 e. The molecule has 0 radical (unpaired) electrons. The second kappa shape index (κ2) is 5.65. The predicted molar refractivity (Wildman–Crippen MR) is 84.5 cm³/mol. The number of pyridine rings is 1. The zero-order valence-corrected chi connectivity index (χ0v) is 14.1. The number of nitrogens with zero attached hydrogens (tertiary/aromatic N) is 2. The van der Waals surface area contributed by atoms with Gasteiger partial charge in [0.2, 0.25) is 0 Å². The van der Waals surface area contributed by atoms with Crippen molar-refractivity contribution in [3.63, 3.8) is 0 Å². The Hall–Kier alpha value is -1.21. The second-order valence-electron chi connectivity index (χ2n) is 5.16. The van der Waals surface area contributed by atoms with Gasteiger partial charge in [0, 0.05) is 0 Å². The molecule has 0 saturated heterocycles. The standard InChI is InChI=1S/C13H16BrN3O2S/c1-13(2,3)19-12(18)15-10-8-6-5-7-9(14)17(8)16-11(10)20-4/h5-7H,1-4H3,(H,15,18). The van der Waals surface area contributed by atoms with E-state index in [1.165, 1.54) is 11.8 Å². The quantitative estimate of drug-likeness (QED) is 0.647. The molecule has 20 heavy (non-hydrogen) atoms. The van der Waals surface area contributed by atoms with Gasteiger partial charge in [0.25, 0.3) is 0 Å². The van der Waals surface area contributed by atoms with E-state index in [2.05, 4.69) is 26.3 Å². The number of rotatable bonds is 2. The molecule has 0 aliphatic heterocycles. The third-order valence-electron chi connectivity index (χ3n) is 2.40. The lowest BCUT2D eigenvalue weighted by molar-refractivity contribution is 0.0635. The summed E-state index contributed by atoms with van der Waals surface area (Å²) in [5.41, 5.74) is 0.940. The van der Waals surface area contributed by atoms with Gasteiger partial charge in [-0.1, -0.05) is 6.07 Å².